The quantitative estimate of drug-likeness (QED) is 0.846. The van der Waals surface area contributed by atoms with Gasteiger partial charge >= 0.3 is 6.18 Å². The largest absolute Gasteiger partial charge is 0.491 e. The summed E-state index contributed by atoms with van der Waals surface area (Å²) in [6.45, 7) is 0.496. The molecule has 0 amide bonds. The van der Waals surface area contributed by atoms with Crippen molar-refractivity contribution in [1.29, 1.82) is 0 Å². The molecule has 1 aliphatic rings. The van der Waals surface area contributed by atoms with E-state index in [0.717, 1.165) is 25.0 Å². The summed E-state index contributed by atoms with van der Waals surface area (Å²) in [4.78, 5) is 0. The van der Waals surface area contributed by atoms with Gasteiger partial charge < -0.3 is 15.2 Å². The van der Waals surface area contributed by atoms with Crippen molar-refractivity contribution in [1.82, 2.24) is 5.32 Å². The number of ether oxygens (including phenoxy) is 1. The number of alkyl halides is 3. The monoisotopic (exact) mass is 289 g/mol. The van der Waals surface area contributed by atoms with Gasteiger partial charge in [-0.2, -0.15) is 13.2 Å². The van der Waals surface area contributed by atoms with Crippen LogP contribution < -0.4 is 10.1 Å². The zero-order valence-electron chi connectivity index (χ0n) is 11.0. The summed E-state index contributed by atoms with van der Waals surface area (Å²) in [5, 5.41) is 12.9. The highest BCUT2D eigenvalue weighted by molar-refractivity contribution is 5.28. The number of hydrogen-bond donors (Lipinski definition) is 2. The highest BCUT2D eigenvalue weighted by Gasteiger charge is 2.30. The van der Waals surface area contributed by atoms with Gasteiger partial charge in [0.1, 0.15) is 18.5 Å². The first-order valence-electron chi connectivity index (χ1n) is 6.66. The summed E-state index contributed by atoms with van der Waals surface area (Å²) in [6, 6.07) is 4.93. The number of aliphatic hydroxyl groups is 1. The standard InChI is InChI=1S/C14H18F3NO2/c15-14(16,17)10-4-6-13(7-5-10)20-9-12(19)8-18-11-2-1-3-11/h4-7,11-12,18-19H,1-3,8-9H2. The number of rotatable bonds is 6. The highest BCUT2D eigenvalue weighted by Crippen LogP contribution is 2.30. The van der Waals surface area contributed by atoms with Gasteiger partial charge in [-0.1, -0.05) is 6.42 Å². The second-order valence-corrected chi connectivity index (χ2v) is 5.02. The fourth-order valence-electron chi connectivity index (χ4n) is 1.91. The Labute approximate surface area is 115 Å². The van der Waals surface area contributed by atoms with Gasteiger partial charge in [0.2, 0.25) is 0 Å². The molecule has 2 N–H and O–H groups in total. The molecule has 0 heterocycles. The van der Waals surface area contributed by atoms with Crippen molar-refractivity contribution in [2.75, 3.05) is 13.2 Å². The molecular weight excluding hydrogens is 271 g/mol. The van der Waals surface area contributed by atoms with Crippen LogP contribution in [0.5, 0.6) is 5.75 Å². The van der Waals surface area contributed by atoms with E-state index >= 15 is 0 Å². The second-order valence-electron chi connectivity index (χ2n) is 5.02. The van der Waals surface area contributed by atoms with E-state index in [1.54, 1.807) is 0 Å². The fourth-order valence-corrected chi connectivity index (χ4v) is 1.91. The maximum Gasteiger partial charge on any atom is 0.416 e. The van der Waals surface area contributed by atoms with Gasteiger partial charge in [0, 0.05) is 12.6 Å². The Bertz CT molecular complexity index is 415. The van der Waals surface area contributed by atoms with Crippen molar-refractivity contribution in [3.63, 3.8) is 0 Å². The third-order valence-electron chi connectivity index (χ3n) is 3.37. The zero-order chi connectivity index (χ0) is 14.6. The molecule has 3 nitrogen and oxygen atoms in total. The molecule has 0 aliphatic heterocycles. The van der Waals surface area contributed by atoms with Gasteiger partial charge in [0.25, 0.3) is 0 Å². The lowest BCUT2D eigenvalue weighted by molar-refractivity contribution is -0.137. The maximum absolute atomic E-state index is 12.4. The molecule has 0 spiro atoms. The molecule has 1 fully saturated rings. The lowest BCUT2D eigenvalue weighted by atomic mass is 9.93. The van der Waals surface area contributed by atoms with E-state index in [-0.39, 0.29) is 6.61 Å². The molecule has 0 aromatic heterocycles. The molecule has 0 saturated heterocycles. The van der Waals surface area contributed by atoms with E-state index in [1.165, 1.54) is 18.6 Å². The lowest BCUT2D eigenvalue weighted by Gasteiger charge is -2.27. The Morgan fingerprint density at radius 2 is 1.90 bits per heavy atom. The number of aliphatic hydroxyl groups excluding tert-OH is 1. The molecule has 1 aromatic rings. The van der Waals surface area contributed by atoms with Crippen LogP contribution in [0.2, 0.25) is 0 Å². The minimum absolute atomic E-state index is 0.0606. The van der Waals surface area contributed by atoms with Gasteiger partial charge in [-0.25, -0.2) is 0 Å². The highest BCUT2D eigenvalue weighted by atomic mass is 19.4. The summed E-state index contributed by atoms with van der Waals surface area (Å²) < 4.78 is 42.3. The SMILES string of the molecule is OC(CNC1CCC1)COc1ccc(C(F)(F)F)cc1. The number of halogens is 3. The molecule has 1 aromatic carbocycles. The smallest absolute Gasteiger partial charge is 0.416 e. The van der Waals surface area contributed by atoms with Gasteiger partial charge in [0.05, 0.1) is 5.56 Å². The Balaban J connectivity index is 1.72. The van der Waals surface area contributed by atoms with Crippen molar-refractivity contribution in [3.8, 4) is 5.75 Å². The van der Waals surface area contributed by atoms with E-state index < -0.39 is 17.8 Å². The van der Waals surface area contributed by atoms with Gasteiger partial charge in [-0.05, 0) is 37.1 Å². The molecule has 1 saturated carbocycles. The van der Waals surface area contributed by atoms with Crippen LogP contribution in [0.15, 0.2) is 24.3 Å². The molecule has 0 bridgehead atoms. The predicted octanol–water partition coefficient (Wildman–Crippen LogP) is 2.59. The molecule has 1 atom stereocenters. The topological polar surface area (TPSA) is 41.5 Å². The van der Waals surface area contributed by atoms with Gasteiger partial charge in [-0.15, -0.1) is 0 Å². The molecule has 20 heavy (non-hydrogen) atoms. The molecule has 6 heteroatoms. The number of hydrogen-bond acceptors (Lipinski definition) is 3. The van der Waals surface area contributed by atoms with Crippen LogP contribution in [-0.2, 0) is 6.18 Å². The zero-order valence-corrected chi connectivity index (χ0v) is 11.0. The van der Waals surface area contributed by atoms with E-state index in [2.05, 4.69) is 5.32 Å². The van der Waals surface area contributed by atoms with Gasteiger partial charge in [-0.3, -0.25) is 0 Å². The Morgan fingerprint density at radius 3 is 2.40 bits per heavy atom. The average molecular weight is 289 g/mol. The minimum Gasteiger partial charge on any atom is -0.491 e. The number of nitrogens with one attached hydrogen (secondary N) is 1. The first-order chi connectivity index (χ1) is 9.45. The van der Waals surface area contributed by atoms with Crippen molar-refractivity contribution < 1.29 is 23.0 Å². The summed E-state index contributed by atoms with van der Waals surface area (Å²) in [5.41, 5.74) is -0.711. The van der Waals surface area contributed by atoms with Crippen LogP contribution in [0, 0.1) is 0 Å². The van der Waals surface area contributed by atoms with Crippen LogP contribution in [0.1, 0.15) is 24.8 Å². The summed E-state index contributed by atoms with van der Waals surface area (Å²) in [7, 11) is 0. The normalized spacial score (nSPS) is 17.6. The van der Waals surface area contributed by atoms with Crippen LogP contribution in [0.25, 0.3) is 0 Å². The van der Waals surface area contributed by atoms with Gasteiger partial charge in [0.15, 0.2) is 0 Å². The number of benzene rings is 1. The molecule has 1 unspecified atom stereocenters. The Morgan fingerprint density at radius 1 is 1.25 bits per heavy atom. The Hall–Kier alpha value is -1.27. The van der Waals surface area contributed by atoms with Crippen LogP contribution in [0.3, 0.4) is 0 Å². The lowest BCUT2D eigenvalue weighted by Crippen LogP contribution is -2.41. The minimum atomic E-state index is -4.34. The second kappa shape index (κ2) is 6.45. The van der Waals surface area contributed by atoms with E-state index in [4.69, 9.17) is 4.74 Å². The first kappa shape index (κ1) is 15.1. The van der Waals surface area contributed by atoms with E-state index in [0.29, 0.717) is 18.3 Å². The van der Waals surface area contributed by atoms with Crippen molar-refractivity contribution in [2.24, 2.45) is 0 Å². The van der Waals surface area contributed by atoms with Crippen LogP contribution >= 0.6 is 0 Å². The van der Waals surface area contributed by atoms with Crippen molar-refractivity contribution in [3.05, 3.63) is 29.8 Å². The van der Waals surface area contributed by atoms with E-state index in [9.17, 15) is 18.3 Å². The third-order valence-corrected chi connectivity index (χ3v) is 3.37. The third kappa shape index (κ3) is 4.38. The van der Waals surface area contributed by atoms with E-state index in [1.807, 2.05) is 0 Å². The van der Waals surface area contributed by atoms with Crippen molar-refractivity contribution >= 4 is 0 Å². The Kier molecular flexibility index (Phi) is 4.88. The van der Waals surface area contributed by atoms with Crippen LogP contribution in [0.4, 0.5) is 13.2 Å². The molecule has 112 valence electrons. The summed E-state index contributed by atoms with van der Waals surface area (Å²) in [5.74, 6) is 0.320. The van der Waals surface area contributed by atoms with Crippen molar-refractivity contribution in [2.45, 2.75) is 37.6 Å². The maximum atomic E-state index is 12.4. The average Bonchev–Trinajstić information content (AvgIpc) is 2.34. The molecular formula is C14H18F3NO2. The fraction of sp³-hybridized carbons (Fsp3) is 0.571. The molecule has 2 rings (SSSR count). The van der Waals surface area contributed by atoms with Crippen LogP contribution in [-0.4, -0.2) is 30.4 Å². The summed E-state index contributed by atoms with van der Waals surface area (Å²) in [6.07, 6.45) is -1.53. The molecule has 0 radical (unpaired) electrons. The molecule has 1 aliphatic carbocycles. The first-order valence-corrected chi connectivity index (χ1v) is 6.66. The predicted molar refractivity (Wildman–Crippen MR) is 68.6 cm³/mol. The summed E-state index contributed by atoms with van der Waals surface area (Å²) >= 11 is 0.